The van der Waals surface area contributed by atoms with Crippen molar-refractivity contribution >= 4 is 67.8 Å². The van der Waals surface area contributed by atoms with E-state index >= 15 is 0 Å². The average molecular weight is 576 g/mol. The second-order valence-electron chi connectivity index (χ2n) is 6.17. The fourth-order valence-corrected chi connectivity index (χ4v) is 4.67. The van der Waals surface area contributed by atoms with Gasteiger partial charge >= 0.3 is 10.1 Å². The van der Waals surface area contributed by atoms with E-state index in [0.717, 1.165) is 11.3 Å². The minimum atomic E-state index is -4.06. The maximum Gasteiger partial charge on any atom is 0.339 e. The van der Waals surface area contributed by atoms with Crippen LogP contribution >= 0.6 is 45.8 Å². The predicted molar refractivity (Wildman–Crippen MR) is 128 cm³/mol. The molecule has 5 nitrogen and oxygen atoms in total. The molecule has 0 saturated heterocycles. The molecule has 0 heterocycles. The van der Waals surface area contributed by atoms with Crippen molar-refractivity contribution in [1.82, 2.24) is 0 Å². The predicted octanol–water partition coefficient (Wildman–Crippen LogP) is 6.43. The molecule has 3 aromatic carbocycles. The second-order valence-corrected chi connectivity index (χ2v) is 9.72. The van der Waals surface area contributed by atoms with E-state index in [1.54, 1.807) is 24.4 Å². The highest BCUT2D eigenvalue weighted by Crippen LogP contribution is 2.36. The van der Waals surface area contributed by atoms with Gasteiger partial charge in [-0.05, 0) is 89.2 Å². The highest BCUT2D eigenvalue weighted by molar-refractivity contribution is 14.1. The summed E-state index contributed by atoms with van der Waals surface area (Å²) in [6.45, 7) is 1.89. The van der Waals surface area contributed by atoms with Crippen LogP contribution in [0, 0.1) is 10.5 Å². The van der Waals surface area contributed by atoms with Crippen molar-refractivity contribution in [3.8, 4) is 11.5 Å². The summed E-state index contributed by atoms with van der Waals surface area (Å²) in [5.74, 6) is 0.368. The molecular weight excluding hydrogens is 560 g/mol. The zero-order valence-electron chi connectivity index (χ0n) is 15.9. The standard InChI is InChI=1S/C21H16Cl2INO4S/c1-13-17(23)4-3-5-19(13)25-12-14-10-18(24)21(20(11-14)28-2)29-30(26,27)16-8-6-15(22)7-9-16/h3-12H,1-2H3. The Morgan fingerprint density at radius 2 is 1.77 bits per heavy atom. The van der Waals surface area contributed by atoms with Gasteiger partial charge in [0, 0.05) is 16.3 Å². The first-order valence-corrected chi connectivity index (χ1v) is 11.8. The molecule has 0 N–H and O–H groups in total. The summed E-state index contributed by atoms with van der Waals surface area (Å²) in [6, 6.07) is 14.6. The smallest absolute Gasteiger partial charge is 0.339 e. The number of benzene rings is 3. The van der Waals surface area contributed by atoms with Crippen LogP contribution in [0.25, 0.3) is 0 Å². The van der Waals surface area contributed by atoms with Crippen LogP contribution in [0.4, 0.5) is 5.69 Å². The lowest BCUT2D eigenvalue weighted by atomic mass is 10.2. The third-order valence-corrected chi connectivity index (χ3v) is 6.84. The first kappa shape index (κ1) is 22.9. The van der Waals surface area contributed by atoms with Gasteiger partial charge in [-0.15, -0.1) is 0 Å². The largest absolute Gasteiger partial charge is 0.493 e. The minimum Gasteiger partial charge on any atom is -0.493 e. The summed E-state index contributed by atoms with van der Waals surface area (Å²) < 4.78 is 36.6. The van der Waals surface area contributed by atoms with Crippen LogP contribution in [-0.2, 0) is 10.1 Å². The van der Waals surface area contributed by atoms with Gasteiger partial charge < -0.3 is 8.92 Å². The number of rotatable bonds is 6. The lowest BCUT2D eigenvalue weighted by Gasteiger charge is -2.13. The summed E-state index contributed by atoms with van der Waals surface area (Å²) in [4.78, 5) is 4.47. The molecule has 0 radical (unpaired) electrons. The van der Waals surface area contributed by atoms with E-state index in [0.29, 0.717) is 19.2 Å². The third-order valence-electron chi connectivity index (χ3n) is 4.14. The van der Waals surface area contributed by atoms with E-state index < -0.39 is 10.1 Å². The van der Waals surface area contributed by atoms with E-state index in [9.17, 15) is 8.42 Å². The summed E-state index contributed by atoms with van der Waals surface area (Å²) in [5, 5.41) is 1.06. The normalized spacial score (nSPS) is 11.6. The Morgan fingerprint density at radius 3 is 2.43 bits per heavy atom. The number of hydrogen-bond acceptors (Lipinski definition) is 5. The maximum absolute atomic E-state index is 12.6. The molecule has 0 aliphatic rings. The lowest BCUT2D eigenvalue weighted by Crippen LogP contribution is -2.11. The molecule has 3 rings (SSSR count). The molecule has 3 aromatic rings. The van der Waals surface area contributed by atoms with E-state index in [2.05, 4.69) is 4.99 Å². The summed E-state index contributed by atoms with van der Waals surface area (Å²) in [7, 11) is -2.62. The molecule has 0 saturated carbocycles. The molecule has 0 unspecified atom stereocenters. The van der Waals surface area contributed by atoms with Gasteiger partial charge in [0.2, 0.25) is 0 Å². The van der Waals surface area contributed by atoms with Crippen molar-refractivity contribution in [2.24, 2.45) is 4.99 Å². The Morgan fingerprint density at radius 1 is 1.07 bits per heavy atom. The molecule has 0 fully saturated rings. The number of halogens is 3. The van der Waals surface area contributed by atoms with Gasteiger partial charge in [-0.1, -0.05) is 29.3 Å². The Hall–Kier alpha value is -1.81. The average Bonchev–Trinajstić information content (AvgIpc) is 2.71. The first-order valence-electron chi connectivity index (χ1n) is 8.58. The van der Waals surface area contributed by atoms with Crippen molar-refractivity contribution in [2.45, 2.75) is 11.8 Å². The number of aliphatic imine (C=N–C) groups is 1. The quantitative estimate of drug-likeness (QED) is 0.193. The third kappa shape index (κ3) is 5.26. The van der Waals surface area contributed by atoms with Crippen molar-refractivity contribution in [1.29, 1.82) is 0 Å². The first-order chi connectivity index (χ1) is 14.2. The van der Waals surface area contributed by atoms with Crippen molar-refractivity contribution < 1.29 is 17.3 Å². The fourth-order valence-electron chi connectivity index (χ4n) is 2.53. The van der Waals surface area contributed by atoms with Crippen LogP contribution < -0.4 is 8.92 Å². The highest BCUT2D eigenvalue weighted by Gasteiger charge is 2.22. The Bertz CT molecular complexity index is 1210. The van der Waals surface area contributed by atoms with Crippen LogP contribution in [0.1, 0.15) is 11.1 Å². The monoisotopic (exact) mass is 575 g/mol. The number of methoxy groups -OCH3 is 1. The minimum absolute atomic E-state index is 0.00757. The SMILES string of the molecule is COc1cc(C=Nc2cccc(Cl)c2C)cc(I)c1OS(=O)(=O)c1ccc(Cl)cc1. The van der Waals surface area contributed by atoms with E-state index in [1.807, 2.05) is 41.6 Å². The molecule has 0 aromatic heterocycles. The van der Waals surface area contributed by atoms with Crippen molar-refractivity contribution in [2.75, 3.05) is 7.11 Å². The second kappa shape index (κ2) is 9.55. The molecule has 156 valence electrons. The number of nitrogens with zero attached hydrogens (tertiary/aromatic N) is 1. The Labute approximate surface area is 198 Å². The van der Waals surface area contributed by atoms with Crippen LogP contribution in [0.3, 0.4) is 0 Å². The van der Waals surface area contributed by atoms with Gasteiger partial charge in [-0.25, -0.2) is 0 Å². The van der Waals surface area contributed by atoms with Crippen LogP contribution in [0.15, 0.2) is 64.5 Å². The maximum atomic E-state index is 12.6. The van der Waals surface area contributed by atoms with Crippen LogP contribution in [-0.4, -0.2) is 21.7 Å². The van der Waals surface area contributed by atoms with Gasteiger partial charge in [0.25, 0.3) is 0 Å². The summed E-state index contributed by atoms with van der Waals surface area (Å²) >= 11 is 14.0. The zero-order chi connectivity index (χ0) is 21.9. The molecule has 0 amide bonds. The molecule has 0 spiro atoms. The molecule has 0 aliphatic carbocycles. The molecule has 0 atom stereocenters. The fraction of sp³-hybridized carbons (Fsp3) is 0.0952. The molecule has 0 bridgehead atoms. The summed E-state index contributed by atoms with van der Waals surface area (Å²) in [6.07, 6.45) is 1.65. The highest BCUT2D eigenvalue weighted by atomic mass is 127. The van der Waals surface area contributed by atoms with E-state index in [4.69, 9.17) is 32.1 Å². The van der Waals surface area contributed by atoms with Gasteiger partial charge in [-0.2, -0.15) is 8.42 Å². The molecular formula is C21H16Cl2INO4S. The number of hydrogen-bond donors (Lipinski definition) is 0. The van der Waals surface area contributed by atoms with E-state index in [-0.39, 0.29) is 16.4 Å². The van der Waals surface area contributed by atoms with Crippen LogP contribution in [0.2, 0.25) is 10.0 Å². The van der Waals surface area contributed by atoms with Crippen molar-refractivity contribution in [3.63, 3.8) is 0 Å². The van der Waals surface area contributed by atoms with Crippen LogP contribution in [0.5, 0.6) is 11.5 Å². The Balaban J connectivity index is 1.93. The lowest BCUT2D eigenvalue weighted by molar-refractivity contribution is 0.389. The zero-order valence-corrected chi connectivity index (χ0v) is 20.4. The number of ether oxygens (including phenoxy) is 1. The molecule has 0 aliphatic heterocycles. The topological polar surface area (TPSA) is 65.0 Å². The van der Waals surface area contributed by atoms with Gasteiger partial charge in [0.15, 0.2) is 11.5 Å². The molecule has 30 heavy (non-hydrogen) atoms. The Kier molecular flexibility index (Phi) is 7.28. The van der Waals surface area contributed by atoms with Gasteiger partial charge in [-0.3, -0.25) is 4.99 Å². The molecule has 9 heteroatoms. The summed E-state index contributed by atoms with van der Waals surface area (Å²) in [5.41, 5.74) is 2.32. The van der Waals surface area contributed by atoms with E-state index in [1.165, 1.54) is 31.4 Å². The van der Waals surface area contributed by atoms with Crippen molar-refractivity contribution in [3.05, 3.63) is 79.3 Å². The van der Waals surface area contributed by atoms with Gasteiger partial charge in [0.1, 0.15) is 4.90 Å². The van der Waals surface area contributed by atoms with Gasteiger partial charge in [0.05, 0.1) is 16.4 Å².